The van der Waals surface area contributed by atoms with Gasteiger partial charge in [0.05, 0.1) is 0 Å². The van der Waals surface area contributed by atoms with Crippen LogP contribution < -0.4 is 5.14 Å². The molecule has 0 aromatic rings. The van der Waals surface area contributed by atoms with Crippen molar-refractivity contribution in [1.82, 2.24) is 0 Å². The van der Waals surface area contributed by atoms with E-state index >= 15 is 0 Å². The van der Waals surface area contributed by atoms with E-state index in [-0.39, 0.29) is 4.75 Å². The molecule has 1 atom stereocenters. The molecule has 0 aromatic carbocycles. The number of nitrogens with two attached hydrogens (primary N) is 1. The smallest absolute Gasteiger partial charge is 0.139 e. The third-order valence-electron chi connectivity index (χ3n) is 1.44. The SMILES string of the molecule is CC(C)CC(C)(C)[S@+](N)[O-]. The molecule has 10 heavy (non-hydrogen) atoms. The van der Waals surface area contributed by atoms with Crippen molar-refractivity contribution < 1.29 is 4.55 Å². The van der Waals surface area contributed by atoms with Crippen LogP contribution in [0.4, 0.5) is 0 Å². The largest absolute Gasteiger partial charge is 0.598 e. The Balaban J connectivity index is 3.87. The van der Waals surface area contributed by atoms with Gasteiger partial charge in [-0.05, 0) is 19.8 Å². The minimum Gasteiger partial charge on any atom is -0.598 e. The Morgan fingerprint density at radius 3 is 2.00 bits per heavy atom. The fourth-order valence-electron chi connectivity index (χ4n) is 1.07. The van der Waals surface area contributed by atoms with Gasteiger partial charge in [0.2, 0.25) is 0 Å². The van der Waals surface area contributed by atoms with Crippen molar-refractivity contribution in [3.8, 4) is 0 Å². The molecule has 0 aromatic heterocycles. The molecule has 3 heteroatoms. The minimum absolute atomic E-state index is 0.228. The Labute approximate surface area is 66.5 Å². The maximum atomic E-state index is 10.9. The first-order valence-corrected chi connectivity index (χ1v) is 4.74. The van der Waals surface area contributed by atoms with E-state index in [0.717, 1.165) is 6.42 Å². The van der Waals surface area contributed by atoms with E-state index in [1.54, 1.807) is 0 Å². The van der Waals surface area contributed by atoms with Crippen LogP contribution in [0.3, 0.4) is 0 Å². The molecule has 0 aliphatic carbocycles. The average molecular weight is 163 g/mol. The predicted molar refractivity (Wildman–Crippen MR) is 45.9 cm³/mol. The fourth-order valence-corrected chi connectivity index (χ4v) is 1.56. The summed E-state index contributed by atoms with van der Waals surface area (Å²) < 4.78 is 10.7. The Morgan fingerprint density at radius 2 is 1.90 bits per heavy atom. The van der Waals surface area contributed by atoms with Crippen molar-refractivity contribution in [3.63, 3.8) is 0 Å². The van der Waals surface area contributed by atoms with E-state index in [1.165, 1.54) is 0 Å². The van der Waals surface area contributed by atoms with Crippen LogP contribution in [0.1, 0.15) is 34.1 Å². The van der Waals surface area contributed by atoms with Crippen LogP contribution in [-0.2, 0) is 11.4 Å². The fraction of sp³-hybridized carbons (Fsp3) is 1.00. The van der Waals surface area contributed by atoms with Gasteiger partial charge in [0.25, 0.3) is 0 Å². The lowest BCUT2D eigenvalue weighted by Crippen LogP contribution is -2.38. The quantitative estimate of drug-likeness (QED) is 0.640. The maximum absolute atomic E-state index is 10.9. The van der Waals surface area contributed by atoms with Gasteiger partial charge in [0.15, 0.2) is 0 Å². The zero-order chi connectivity index (χ0) is 8.36. The molecule has 0 rings (SSSR count). The topological polar surface area (TPSA) is 49.1 Å². The predicted octanol–water partition coefficient (Wildman–Crippen LogP) is 1.43. The molecule has 0 aliphatic heterocycles. The Bertz CT molecular complexity index is 102. The summed E-state index contributed by atoms with van der Waals surface area (Å²) in [5.41, 5.74) is 0. The van der Waals surface area contributed by atoms with Gasteiger partial charge >= 0.3 is 0 Å². The summed E-state index contributed by atoms with van der Waals surface area (Å²) in [5, 5.41) is 5.29. The molecule has 0 bridgehead atoms. The van der Waals surface area contributed by atoms with Crippen molar-refractivity contribution in [3.05, 3.63) is 0 Å². The molecule has 0 saturated carbocycles. The van der Waals surface area contributed by atoms with Crippen LogP contribution in [0.25, 0.3) is 0 Å². The lowest BCUT2D eigenvalue weighted by molar-refractivity contribution is 0.464. The molecule has 0 spiro atoms. The second-order valence-electron chi connectivity index (χ2n) is 3.66. The zero-order valence-electron chi connectivity index (χ0n) is 7.18. The third-order valence-corrected chi connectivity index (χ3v) is 2.70. The maximum Gasteiger partial charge on any atom is 0.139 e. The number of hydrogen-bond acceptors (Lipinski definition) is 2. The lowest BCUT2D eigenvalue weighted by Gasteiger charge is -2.25. The van der Waals surface area contributed by atoms with Gasteiger partial charge in [-0.3, -0.25) is 0 Å². The molecule has 0 aliphatic rings. The Morgan fingerprint density at radius 1 is 1.50 bits per heavy atom. The number of rotatable bonds is 3. The highest BCUT2D eigenvalue weighted by Gasteiger charge is 2.30. The van der Waals surface area contributed by atoms with Crippen LogP contribution in [-0.4, -0.2) is 9.30 Å². The van der Waals surface area contributed by atoms with Gasteiger partial charge in [0, 0.05) is 17.8 Å². The molecule has 0 saturated heterocycles. The van der Waals surface area contributed by atoms with E-state index in [0.29, 0.717) is 5.92 Å². The minimum atomic E-state index is -1.20. The van der Waals surface area contributed by atoms with Crippen LogP contribution >= 0.6 is 0 Å². The van der Waals surface area contributed by atoms with Gasteiger partial charge < -0.3 is 4.55 Å². The normalized spacial score (nSPS) is 15.9. The third kappa shape index (κ3) is 3.44. The second-order valence-corrected chi connectivity index (χ2v) is 5.36. The zero-order valence-corrected chi connectivity index (χ0v) is 7.99. The van der Waals surface area contributed by atoms with Gasteiger partial charge in [0.1, 0.15) is 4.75 Å². The molecular weight excluding hydrogens is 146 g/mol. The first-order chi connectivity index (χ1) is 4.36. The van der Waals surface area contributed by atoms with E-state index in [2.05, 4.69) is 13.8 Å². The number of hydrogen-bond donors (Lipinski definition) is 1. The monoisotopic (exact) mass is 163 g/mol. The summed E-state index contributed by atoms with van der Waals surface area (Å²) >= 11 is -1.20. The Kier molecular flexibility index (Phi) is 3.70. The van der Waals surface area contributed by atoms with Gasteiger partial charge in [-0.1, -0.05) is 13.8 Å². The highest BCUT2D eigenvalue weighted by molar-refractivity contribution is 7.90. The van der Waals surface area contributed by atoms with Crippen LogP contribution in [0.2, 0.25) is 0 Å². The highest BCUT2D eigenvalue weighted by atomic mass is 32.2. The van der Waals surface area contributed by atoms with Crippen LogP contribution in [0.5, 0.6) is 0 Å². The van der Waals surface area contributed by atoms with Gasteiger partial charge in [-0.25, -0.2) is 0 Å². The molecule has 0 radical (unpaired) electrons. The molecule has 2 nitrogen and oxygen atoms in total. The van der Waals surface area contributed by atoms with Crippen molar-refractivity contribution >= 4 is 11.4 Å². The Hall–Kier alpha value is 0.270. The van der Waals surface area contributed by atoms with Crippen molar-refractivity contribution in [2.75, 3.05) is 0 Å². The van der Waals surface area contributed by atoms with Gasteiger partial charge in [-0.15, -0.1) is 0 Å². The second kappa shape index (κ2) is 3.60. The van der Waals surface area contributed by atoms with Crippen LogP contribution in [0, 0.1) is 5.92 Å². The first-order valence-electron chi connectivity index (χ1n) is 3.52. The molecule has 0 fully saturated rings. The van der Waals surface area contributed by atoms with E-state index in [1.807, 2.05) is 13.8 Å². The summed E-state index contributed by atoms with van der Waals surface area (Å²) in [6.45, 7) is 8.08. The van der Waals surface area contributed by atoms with Crippen molar-refractivity contribution in [2.24, 2.45) is 11.1 Å². The van der Waals surface area contributed by atoms with E-state index < -0.39 is 11.4 Å². The summed E-state index contributed by atoms with van der Waals surface area (Å²) in [5.74, 6) is 0.558. The molecule has 0 amide bonds. The highest BCUT2D eigenvalue weighted by Crippen LogP contribution is 2.22. The standard InChI is InChI=1S/C7H17NOS/c1-6(2)5-7(3,4)10(8)9/h6H,5,8H2,1-4H3/t10-/m1/s1. The van der Waals surface area contributed by atoms with E-state index in [4.69, 9.17) is 5.14 Å². The molecule has 2 N–H and O–H groups in total. The average Bonchev–Trinajstić information content (AvgIpc) is 1.60. The van der Waals surface area contributed by atoms with E-state index in [9.17, 15) is 4.55 Å². The van der Waals surface area contributed by atoms with Crippen molar-refractivity contribution in [2.45, 2.75) is 38.9 Å². The summed E-state index contributed by atoms with van der Waals surface area (Å²) in [4.78, 5) is 0. The molecule has 0 unspecified atom stereocenters. The summed E-state index contributed by atoms with van der Waals surface area (Å²) in [6, 6.07) is 0. The van der Waals surface area contributed by atoms with Crippen LogP contribution in [0.15, 0.2) is 0 Å². The molecule has 62 valence electrons. The summed E-state index contributed by atoms with van der Waals surface area (Å²) in [6.07, 6.45) is 0.913. The van der Waals surface area contributed by atoms with Crippen molar-refractivity contribution in [1.29, 1.82) is 0 Å². The molecular formula is C7H17NOS. The summed E-state index contributed by atoms with van der Waals surface area (Å²) in [7, 11) is 0. The first kappa shape index (κ1) is 10.3. The van der Waals surface area contributed by atoms with Gasteiger partial charge in [-0.2, -0.15) is 5.14 Å². The molecule has 0 heterocycles. The lowest BCUT2D eigenvalue weighted by atomic mass is 10.0.